The SMILES string of the molecule is CCOC(=O)c1ccsc1NC(=O)c1cccc(Oc2ccccc2)c1. The maximum atomic E-state index is 12.5. The average molecular weight is 367 g/mol. The lowest BCUT2D eigenvalue weighted by atomic mass is 10.2. The van der Waals surface area contributed by atoms with Gasteiger partial charge in [-0.3, -0.25) is 4.79 Å². The highest BCUT2D eigenvalue weighted by Crippen LogP contribution is 2.26. The molecule has 1 N–H and O–H groups in total. The Balaban J connectivity index is 1.74. The van der Waals surface area contributed by atoms with Crippen LogP contribution >= 0.6 is 11.3 Å². The lowest BCUT2D eigenvalue weighted by Crippen LogP contribution is -2.14. The van der Waals surface area contributed by atoms with Crippen molar-refractivity contribution in [1.82, 2.24) is 0 Å². The van der Waals surface area contributed by atoms with E-state index in [1.807, 2.05) is 30.3 Å². The summed E-state index contributed by atoms with van der Waals surface area (Å²) in [6, 6.07) is 17.8. The van der Waals surface area contributed by atoms with Crippen molar-refractivity contribution >= 4 is 28.2 Å². The van der Waals surface area contributed by atoms with Crippen molar-refractivity contribution in [2.75, 3.05) is 11.9 Å². The average Bonchev–Trinajstić information content (AvgIpc) is 3.11. The molecule has 1 aromatic heterocycles. The number of hydrogen-bond acceptors (Lipinski definition) is 5. The minimum absolute atomic E-state index is 0.279. The molecule has 0 saturated carbocycles. The van der Waals surface area contributed by atoms with Gasteiger partial charge in [-0.2, -0.15) is 0 Å². The molecule has 132 valence electrons. The zero-order valence-electron chi connectivity index (χ0n) is 14.1. The highest BCUT2D eigenvalue weighted by molar-refractivity contribution is 7.14. The zero-order chi connectivity index (χ0) is 18.4. The molecule has 1 heterocycles. The van der Waals surface area contributed by atoms with E-state index in [1.54, 1.807) is 42.6 Å². The fraction of sp³-hybridized carbons (Fsp3) is 0.100. The number of thiophene rings is 1. The second-order valence-electron chi connectivity index (χ2n) is 5.28. The quantitative estimate of drug-likeness (QED) is 0.625. The van der Waals surface area contributed by atoms with Crippen LogP contribution in [0.15, 0.2) is 66.0 Å². The molecule has 0 fully saturated rings. The van der Waals surface area contributed by atoms with Gasteiger partial charge in [-0.25, -0.2) is 4.79 Å². The Hall–Kier alpha value is -3.12. The molecule has 0 unspecified atom stereocenters. The van der Waals surface area contributed by atoms with Crippen LogP contribution in [-0.4, -0.2) is 18.5 Å². The number of nitrogens with one attached hydrogen (secondary N) is 1. The van der Waals surface area contributed by atoms with Crippen molar-refractivity contribution in [1.29, 1.82) is 0 Å². The second-order valence-corrected chi connectivity index (χ2v) is 6.20. The summed E-state index contributed by atoms with van der Waals surface area (Å²) < 4.78 is 10.7. The first-order chi connectivity index (χ1) is 12.7. The predicted molar refractivity (Wildman–Crippen MR) is 101 cm³/mol. The van der Waals surface area contributed by atoms with Gasteiger partial charge in [0.1, 0.15) is 16.5 Å². The lowest BCUT2D eigenvalue weighted by Gasteiger charge is -2.09. The van der Waals surface area contributed by atoms with E-state index in [0.29, 0.717) is 27.6 Å². The van der Waals surface area contributed by atoms with Gasteiger partial charge in [-0.1, -0.05) is 24.3 Å². The van der Waals surface area contributed by atoms with E-state index in [0.717, 1.165) is 0 Å². The topological polar surface area (TPSA) is 64.6 Å². The van der Waals surface area contributed by atoms with E-state index in [9.17, 15) is 9.59 Å². The molecule has 0 aliphatic rings. The first-order valence-corrected chi connectivity index (χ1v) is 8.94. The Morgan fingerprint density at radius 2 is 1.77 bits per heavy atom. The largest absolute Gasteiger partial charge is 0.462 e. The summed E-state index contributed by atoms with van der Waals surface area (Å²) in [6.07, 6.45) is 0. The van der Waals surface area contributed by atoms with Crippen LogP contribution in [0.4, 0.5) is 5.00 Å². The van der Waals surface area contributed by atoms with Gasteiger partial charge in [0.15, 0.2) is 0 Å². The molecule has 3 rings (SSSR count). The maximum absolute atomic E-state index is 12.5. The third kappa shape index (κ3) is 4.29. The first-order valence-electron chi connectivity index (χ1n) is 8.06. The molecule has 0 radical (unpaired) electrons. The number of para-hydroxylation sites is 1. The van der Waals surface area contributed by atoms with Gasteiger partial charge in [0.2, 0.25) is 0 Å². The van der Waals surface area contributed by atoms with Crippen molar-refractivity contribution in [2.45, 2.75) is 6.92 Å². The number of rotatable bonds is 6. The summed E-state index contributed by atoms with van der Waals surface area (Å²) >= 11 is 1.27. The number of hydrogen-bond donors (Lipinski definition) is 1. The van der Waals surface area contributed by atoms with Gasteiger partial charge in [0, 0.05) is 5.56 Å². The number of anilines is 1. The van der Waals surface area contributed by atoms with Gasteiger partial charge >= 0.3 is 5.97 Å². The molecule has 0 aliphatic heterocycles. The first kappa shape index (κ1) is 17.7. The Labute approximate surface area is 155 Å². The van der Waals surface area contributed by atoms with Gasteiger partial charge in [0.25, 0.3) is 5.91 Å². The third-order valence-corrected chi connectivity index (χ3v) is 4.29. The summed E-state index contributed by atoms with van der Waals surface area (Å²) in [5, 5.41) is 4.95. The van der Waals surface area contributed by atoms with Crippen LogP contribution in [0, 0.1) is 0 Å². The van der Waals surface area contributed by atoms with E-state index in [-0.39, 0.29) is 12.5 Å². The molecule has 26 heavy (non-hydrogen) atoms. The van der Waals surface area contributed by atoms with Crippen LogP contribution in [-0.2, 0) is 4.74 Å². The van der Waals surface area contributed by atoms with Gasteiger partial charge in [0.05, 0.1) is 12.2 Å². The standard InChI is InChI=1S/C20H17NO4S/c1-2-24-20(23)17-11-12-26-19(17)21-18(22)14-7-6-10-16(13-14)25-15-8-4-3-5-9-15/h3-13H,2H2,1H3,(H,21,22). The van der Waals surface area contributed by atoms with Crippen LogP contribution in [0.3, 0.4) is 0 Å². The fourth-order valence-corrected chi connectivity index (χ4v) is 3.05. The van der Waals surface area contributed by atoms with Gasteiger partial charge in [-0.15, -0.1) is 11.3 Å². The molecule has 2 aromatic carbocycles. The van der Waals surface area contributed by atoms with E-state index >= 15 is 0 Å². The Morgan fingerprint density at radius 1 is 1.00 bits per heavy atom. The van der Waals surface area contributed by atoms with Crippen LogP contribution in [0.25, 0.3) is 0 Å². The number of esters is 1. The summed E-state index contributed by atoms with van der Waals surface area (Å²) in [7, 11) is 0. The number of amides is 1. The number of carbonyl (C=O) groups is 2. The van der Waals surface area contributed by atoms with E-state index < -0.39 is 5.97 Å². The molecule has 0 spiro atoms. The highest BCUT2D eigenvalue weighted by Gasteiger charge is 2.17. The van der Waals surface area contributed by atoms with Crippen LogP contribution in [0.2, 0.25) is 0 Å². The third-order valence-electron chi connectivity index (χ3n) is 3.46. The smallest absolute Gasteiger partial charge is 0.341 e. The summed E-state index contributed by atoms with van der Waals surface area (Å²) in [5.41, 5.74) is 0.781. The number of ether oxygens (including phenoxy) is 2. The number of benzene rings is 2. The zero-order valence-corrected chi connectivity index (χ0v) is 14.9. The molecule has 0 saturated heterocycles. The molecule has 0 atom stereocenters. The molecular formula is C20H17NO4S. The Morgan fingerprint density at radius 3 is 2.54 bits per heavy atom. The second kappa shape index (κ2) is 8.31. The van der Waals surface area contributed by atoms with E-state index in [2.05, 4.69) is 5.32 Å². The summed E-state index contributed by atoms with van der Waals surface area (Å²) in [6.45, 7) is 2.02. The van der Waals surface area contributed by atoms with E-state index in [4.69, 9.17) is 9.47 Å². The van der Waals surface area contributed by atoms with E-state index in [1.165, 1.54) is 11.3 Å². The molecule has 3 aromatic rings. The molecular weight excluding hydrogens is 350 g/mol. The van der Waals surface area contributed by atoms with Crippen molar-refractivity contribution in [3.05, 3.63) is 77.2 Å². The normalized spacial score (nSPS) is 10.2. The number of carbonyl (C=O) groups excluding carboxylic acids is 2. The molecule has 0 aliphatic carbocycles. The van der Waals surface area contributed by atoms with Crippen LogP contribution in [0.1, 0.15) is 27.6 Å². The van der Waals surface area contributed by atoms with Crippen molar-refractivity contribution in [2.24, 2.45) is 0 Å². The Kier molecular flexibility index (Phi) is 5.66. The van der Waals surface area contributed by atoms with Crippen molar-refractivity contribution in [3.8, 4) is 11.5 Å². The minimum atomic E-state index is -0.454. The highest BCUT2D eigenvalue weighted by atomic mass is 32.1. The van der Waals surface area contributed by atoms with Gasteiger partial charge in [-0.05, 0) is 48.7 Å². The monoisotopic (exact) mass is 367 g/mol. The molecule has 1 amide bonds. The predicted octanol–water partition coefficient (Wildman–Crippen LogP) is 4.97. The Bertz CT molecular complexity index is 905. The molecule has 5 nitrogen and oxygen atoms in total. The fourth-order valence-electron chi connectivity index (χ4n) is 2.28. The van der Waals surface area contributed by atoms with Crippen molar-refractivity contribution in [3.63, 3.8) is 0 Å². The van der Waals surface area contributed by atoms with Crippen LogP contribution < -0.4 is 10.1 Å². The molecule has 0 bridgehead atoms. The maximum Gasteiger partial charge on any atom is 0.341 e. The summed E-state index contributed by atoms with van der Waals surface area (Å²) in [5.74, 6) is 0.468. The van der Waals surface area contributed by atoms with Gasteiger partial charge < -0.3 is 14.8 Å². The minimum Gasteiger partial charge on any atom is -0.462 e. The molecule has 6 heteroatoms. The van der Waals surface area contributed by atoms with Crippen molar-refractivity contribution < 1.29 is 19.1 Å². The van der Waals surface area contributed by atoms with Crippen LogP contribution in [0.5, 0.6) is 11.5 Å². The summed E-state index contributed by atoms with van der Waals surface area (Å²) in [4.78, 5) is 24.5. The lowest BCUT2D eigenvalue weighted by molar-refractivity contribution is 0.0528.